The van der Waals surface area contributed by atoms with Gasteiger partial charge in [0.15, 0.2) is 0 Å². The Morgan fingerprint density at radius 2 is 1.88 bits per heavy atom. The first kappa shape index (κ1) is 15.5. The first-order valence-corrected chi connectivity index (χ1v) is 9.28. The molecule has 0 spiro atoms. The summed E-state index contributed by atoms with van der Waals surface area (Å²) in [5.41, 5.74) is 2.19. The first-order chi connectivity index (χ1) is 11.8. The Balaban J connectivity index is 1.39. The van der Waals surface area contributed by atoms with Gasteiger partial charge in [0.2, 0.25) is 0 Å². The van der Waals surface area contributed by atoms with Crippen LogP contribution in [0.1, 0.15) is 51.0 Å². The smallest absolute Gasteiger partial charge is 0.317 e. The molecule has 1 atom stereocenters. The monoisotopic (exact) mass is 326 g/mol. The quantitative estimate of drug-likeness (QED) is 0.855. The highest BCUT2D eigenvalue weighted by Crippen LogP contribution is 2.26. The van der Waals surface area contributed by atoms with Crippen molar-refractivity contribution in [3.63, 3.8) is 0 Å². The Labute approximate surface area is 143 Å². The lowest BCUT2D eigenvalue weighted by molar-refractivity contribution is 0.201. The van der Waals surface area contributed by atoms with Gasteiger partial charge in [-0.15, -0.1) is 0 Å². The lowest BCUT2D eigenvalue weighted by atomic mass is 10.1. The maximum absolute atomic E-state index is 12.6. The standard InChI is InChI=1S/C19H26N4O/c24-19(21-15-7-3-1-2-4-8-15)22-12-11-16(13-22)23-14-20-17-9-5-6-10-18(17)23/h5-6,9-10,14-16H,1-4,7-8,11-13H2,(H,21,24). The van der Waals surface area contributed by atoms with Crippen LogP contribution in [0.15, 0.2) is 30.6 Å². The number of hydrogen-bond donors (Lipinski definition) is 1. The van der Waals surface area contributed by atoms with E-state index in [1.54, 1.807) is 0 Å². The third kappa shape index (κ3) is 3.12. The summed E-state index contributed by atoms with van der Waals surface area (Å²) < 4.78 is 2.23. The van der Waals surface area contributed by atoms with Crippen LogP contribution < -0.4 is 5.32 Å². The highest BCUT2D eigenvalue weighted by Gasteiger charge is 2.29. The lowest BCUT2D eigenvalue weighted by Gasteiger charge is -2.22. The van der Waals surface area contributed by atoms with Gasteiger partial charge in [0, 0.05) is 19.1 Å². The van der Waals surface area contributed by atoms with E-state index < -0.39 is 0 Å². The predicted molar refractivity (Wildman–Crippen MR) is 95.0 cm³/mol. The molecule has 24 heavy (non-hydrogen) atoms. The van der Waals surface area contributed by atoms with E-state index in [0.717, 1.165) is 43.4 Å². The Morgan fingerprint density at radius 1 is 1.08 bits per heavy atom. The Bertz CT molecular complexity index is 702. The van der Waals surface area contributed by atoms with Crippen LogP contribution in [-0.4, -0.2) is 39.6 Å². The maximum atomic E-state index is 12.6. The van der Waals surface area contributed by atoms with E-state index in [-0.39, 0.29) is 6.03 Å². The number of nitrogens with zero attached hydrogens (tertiary/aromatic N) is 3. The van der Waals surface area contributed by atoms with Gasteiger partial charge in [0.05, 0.1) is 23.4 Å². The van der Waals surface area contributed by atoms with Gasteiger partial charge < -0.3 is 14.8 Å². The van der Waals surface area contributed by atoms with Crippen LogP contribution in [0, 0.1) is 0 Å². The van der Waals surface area contributed by atoms with E-state index in [1.807, 2.05) is 29.4 Å². The van der Waals surface area contributed by atoms with Crippen molar-refractivity contribution in [2.24, 2.45) is 0 Å². The van der Waals surface area contributed by atoms with Crippen molar-refractivity contribution in [3.05, 3.63) is 30.6 Å². The first-order valence-electron chi connectivity index (χ1n) is 9.28. The molecule has 0 radical (unpaired) electrons. The molecule has 1 aromatic heterocycles. The maximum Gasteiger partial charge on any atom is 0.317 e. The van der Waals surface area contributed by atoms with Crippen LogP contribution in [-0.2, 0) is 0 Å². The number of carbonyl (C=O) groups excluding carboxylic acids is 1. The van der Waals surface area contributed by atoms with Crippen LogP contribution >= 0.6 is 0 Å². The normalized spacial score (nSPS) is 22.7. The summed E-state index contributed by atoms with van der Waals surface area (Å²) in [6.45, 7) is 1.61. The zero-order valence-electron chi connectivity index (χ0n) is 14.2. The molecule has 5 nitrogen and oxygen atoms in total. The summed E-state index contributed by atoms with van der Waals surface area (Å²) in [5, 5.41) is 3.27. The molecule has 4 rings (SSSR count). The van der Waals surface area contributed by atoms with E-state index in [9.17, 15) is 4.79 Å². The fourth-order valence-corrected chi connectivity index (χ4v) is 4.11. The zero-order chi connectivity index (χ0) is 16.4. The van der Waals surface area contributed by atoms with Gasteiger partial charge in [-0.05, 0) is 31.4 Å². The minimum absolute atomic E-state index is 0.119. The van der Waals surface area contributed by atoms with Crippen LogP contribution in [0.5, 0.6) is 0 Å². The van der Waals surface area contributed by atoms with Gasteiger partial charge in [-0.2, -0.15) is 0 Å². The number of carbonyl (C=O) groups is 1. The third-order valence-corrected chi connectivity index (χ3v) is 5.51. The summed E-state index contributed by atoms with van der Waals surface area (Å²) in [5.74, 6) is 0. The Kier molecular flexibility index (Phi) is 4.41. The largest absolute Gasteiger partial charge is 0.335 e. The number of benzene rings is 1. The van der Waals surface area contributed by atoms with Crippen molar-refractivity contribution in [1.82, 2.24) is 19.8 Å². The number of hydrogen-bond acceptors (Lipinski definition) is 2. The highest BCUT2D eigenvalue weighted by molar-refractivity contribution is 5.76. The summed E-state index contributed by atoms with van der Waals surface area (Å²) in [6, 6.07) is 9.03. The number of rotatable bonds is 2. The number of aromatic nitrogens is 2. The molecule has 1 aliphatic heterocycles. The van der Waals surface area contributed by atoms with E-state index >= 15 is 0 Å². The lowest BCUT2D eigenvalue weighted by Crippen LogP contribution is -2.43. The summed E-state index contributed by atoms with van der Waals surface area (Å²) in [6.07, 6.45) is 10.3. The summed E-state index contributed by atoms with van der Waals surface area (Å²) >= 11 is 0. The van der Waals surface area contributed by atoms with Gasteiger partial charge in [0.1, 0.15) is 0 Å². The minimum atomic E-state index is 0.119. The predicted octanol–water partition coefficient (Wildman–Crippen LogP) is 3.72. The van der Waals surface area contributed by atoms with Crippen molar-refractivity contribution < 1.29 is 4.79 Å². The number of likely N-dealkylation sites (tertiary alicyclic amines) is 1. The summed E-state index contributed by atoms with van der Waals surface area (Å²) in [4.78, 5) is 19.1. The second kappa shape index (κ2) is 6.83. The molecule has 1 N–H and O–H groups in total. The van der Waals surface area contributed by atoms with Crippen molar-refractivity contribution in [3.8, 4) is 0 Å². The molecule has 128 valence electrons. The number of amides is 2. The Hall–Kier alpha value is -2.04. The minimum Gasteiger partial charge on any atom is -0.335 e. The van der Waals surface area contributed by atoms with Gasteiger partial charge in [-0.1, -0.05) is 37.8 Å². The van der Waals surface area contributed by atoms with Crippen molar-refractivity contribution in [2.75, 3.05) is 13.1 Å². The number of nitrogens with one attached hydrogen (secondary N) is 1. The van der Waals surface area contributed by atoms with E-state index in [1.165, 1.54) is 25.7 Å². The SMILES string of the molecule is O=C(NC1CCCCCC1)N1CCC(n2cnc3ccccc32)C1. The van der Waals surface area contributed by atoms with E-state index in [0.29, 0.717) is 12.1 Å². The van der Waals surface area contributed by atoms with Gasteiger partial charge >= 0.3 is 6.03 Å². The van der Waals surface area contributed by atoms with Crippen LogP contribution in [0.3, 0.4) is 0 Å². The molecule has 2 aromatic rings. The van der Waals surface area contributed by atoms with Crippen molar-refractivity contribution >= 4 is 17.1 Å². The molecule has 1 aromatic carbocycles. The van der Waals surface area contributed by atoms with Crippen LogP contribution in [0.2, 0.25) is 0 Å². The topological polar surface area (TPSA) is 50.2 Å². The highest BCUT2D eigenvalue weighted by atomic mass is 16.2. The van der Waals surface area contributed by atoms with Crippen LogP contribution in [0.4, 0.5) is 4.79 Å². The molecule has 1 saturated heterocycles. The fourth-order valence-electron chi connectivity index (χ4n) is 4.11. The molecule has 1 saturated carbocycles. The molecule has 2 aliphatic rings. The molecule has 2 heterocycles. The molecule has 5 heteroatoms. The molecular weight excluding hydrogens is 300 g/mol. The second-order valence-corrected chi connectivity index (χ2v) is 7.17. The van der Waals surface area contributed by atoms with Crippen molar-refractivity contribution in [2.45, 2.75) is 57.0 Å². The third-order valence-electron chi connectivity index (χ3n) is 5.51. The molecule has 2 amide bonds. The second-order valence-electron chi connectivity index (χ2n) is 7.17. The zero-order valence-corrected chi connectivity index (χ0v) is 14.2. The molecule has 0 bridgehead atoms. The number of para-hydroxylation sites is 2. The summed E-state index contributed by atoms with van der Waals surface area (Å²) in [7, 11) is 0. The van der Waals surface area contributed by atoms with E-state index in [2.05, 4.69) is 20.9 Å². The average Bonchev–Trinajstić information content (AvgIpc) is 3.17. The Morgan fingerprint density at radius 3 is 2.71 bits per heavy atom. The fraction of sp³-hybridized carbons (Fsp3) is 0.579. The molecule has 1 aliphatic carbocycles. The van der Waals surface area contributed by atoms with Gasteiger partial charge in [0.25, 0.3) is 0 Å². The molecule has 1 unspecified atom stereocenters. The molecular formula is C19H26N4O. The van der Waals surface area contributed by atoms with Gasteiger partial charge in [-0.3, -0.25) is 0 Å². The molecule has 2 fully saturated rings. The van der Waals surface area contributed by atoms with Gasteiger partial charge in [-0.25, -0.2) is 9.78 Å². The van der Waals surface area contributed by atoms with Crippen molar-refractivity contribution in [1.29, 1.82) is 0 Å². The van der Waals surface area contributed by atoms with Crippen LogP contribution in [0.25, 0.3) is 11.0 Å². The average molecular weight is 326 g/mol. The number of imidazole rings is 1. The number of urea groups is 1. The van der Waals surface area contributed by atoms with E-state index in [4.69, 9.17) is 0 Å². The number of fused-ring (bicyclic) bond motifs is 1.